The Morgan fingerprint density at radius 2 is 1.79 bits per heavy atom. The van der Waals surface area contributed by atoms with Crippen molar-refractivity contribution in [1.29, 1.82) is 0 Å². The standard InChI is InChI=1S/C27H24ClF2N3O4S/c28-20-6-10-25(11-7-20)38(36,37)33(17-24-3-1-2-12-31-24)16-18-4-8-23(9-5-18)32-27(35)26(34)19-13-21(29)15-22(30)14-19/h1-13,15,19,26,34H,14,16-17H2,(H,32,35). The van der Waals surface area contributed by atoms with Gasteiger partial charge in [-0.3, -0.25) is 9.78 Å². The number of rotatable bonds is 9. The summed E-state index contributed by atoms with van der Waals surface area (Å²) in [6, 6.07) is 17.5. The Morgan fingerprint density at radius 1 is 1.08 bits per heavy atom. The van der Waals surface area contributed by atoms with Crippen LogP contribution in [0.25, 0.3) is 0 Å². The molecule has 0 saturated carbocycles. The largest absolute Gasteiger partial charge is 0.383 e. The van der Waals surface area contributed by atoms with E-state index in [-0.39, 0.29) is 24.4 Å². The minimum atomic E-state index is -3.92. The first kappa shape index (κ1) is 27.6. The normalized spacial score (nSPS) is 16.5. The van der Waals surface area contributed by atoms with E-state index in [1.54, 1.807) is 48.7 Å². The van der Waals surface area contributed by atoms with Gasteiger partial charge in [0.2, 0.25) is 10.0 Å². The molecule has 0 spiro atoms. The summed E-state index contributed by atoms with van der Waals surface area (Å²) in [4.78, 5) is 16.8. The van der Waals surface area contributed by atoms with Gasteiger partial charge in [0.1, 0.15) is 17.8 Å². The molecule has 1 amide bonds. The van der Waals surface area contributed by atoms with Crippen molar-refractivity contribution in [1.82, 2.24) is 9.29 Å². The lowest BCUT2D eigenvalue weighted by atomic mass is 9.93. The summed E-state index contributed by atoms with van der Waals surface area (Å²) in [6.07, 6.45) is 1.36. The van der Waals surface area contributed by atoms with Crippen LogP contribution in [0.1, 0.15) is 17.7 Å². The average Bonchev–Trinajstić information content (AvgIpc) is 2.89. The summed E-state index contributed by atoms with van der Waals surface area (Å²) >= 11 is 5.93. The minimum absolute atomic E-state index is 0.0101. The quantitative estimate of drug-likeness (QED) is 0.378. The molecule has 7 nitrogen and oxygen atoms in total. The molecule has 2 aromatic carbocycles. The molecule has 2 unspecified atom stereocenters. The Bertz CT molecular complexity index is 1450. The third-order valence-corrected chi connectivity index (χ3v) is 7.93. The van der Waals surface area contributed by atoms with Gasteiger partial charge in [0.15, 0.2) is 0 Å². The molecule has 2 N–H and O–H groups in total. The lowest BCUT2D eigenvalue weighted by Crippen LogP contribution is -2.34. The Morgan fingerprint density at radius 3 is 2.42 bits per heavy atom. The second-order valence-corrected chi connectivity index (χ2v) is 11.1. The number of aliphatic hydroxyl groups excluding tert-OH is 1. The number of carbonyl (C=O) groups is 1. The highest BCUT2D eigenvalue weighted by Gasteiger charge is 2.29. The Balaban J connectivity index is 1.49. The molecule has 0 bridgehead atoms. The number of anilines is 1. The molecule has 0 saturated heterocycles. The van der Waals surface area contributed by atoms with Gasteiger partial charge in [0, 0.05) is 41.9 Å². The summed E-state index contributed by atoms with van der Waals surface area (Å²) in [5, 5.41) is 13.2. The fourth-order valence-corrected chi connectivity index (χ4v) is 5.44. The first-order valence-electron chi connectivity index (χ1n) is 11.6. The van der Waals surface area contributed by atoms with E-state index in [2.05, 4.69) is 10.3 Å². The fourth-order valence-electron chi connectivity index (χ4n) is 3.91. The fraction of sp³-hybridized carbons (Fsp3) is 0.185. The summed E-state index contributed by atoms with van der Waals surface area (Å²) in [5.74, 6) is -3.45. The summed E-state index contributed by atoms with van der Waals surface area (Å²) in [7, 11) is -3.92. The van der Waals surface area contributed by atoms with Crippen molar-refractivity contribution in [2.45, 2.75) is 30.5 Å². The zero-order valence-electron chi connectivity index (χ0n) is 20.0. The number of allylic oxidation sites excluding steroid dienone is 3. The van der Waals surface area contributed by atoms with E-state index in [1.807, 2.05) is 0 Å². The van der Waals surface area contributed by atoms with Gasteiger partial charge in [-0.25, -0.2) is 17.2 Å². The van der Waals surface area contributed by atoms with Crippen LogP contribution in [0.4, 0.5) is 14.5 Å². The summed E-state index contributed by atoms with van der Waals surface area (Å²) < 4.78 is 55.2. The molecule has 0 radical (unpaired) electrons. The van der Waals surface area contributed by atoms with Gasteiger partial charge in [0.25, 0.3) is 5.91 Å². The van der Waals surface area contributed by atoms with E-state index in [9.17, 15) is 27.1 Å². The average molecular weight is 560 g/mol. The second-order valence-electron chi connectivity index (χ2n) is 8.69. The van der Waals surface area contributed by atoms with E-state index >= 15 is 0 Å². The molecule has 1 aliphatic rings. The van der Waals surface area contributed by atoms with E-state index in [1.165, 1.54) is 28.6 Å². The molecule has 0 fully saturated rings. The SMILES string of the molecule is O=C(Nc1ccc(CN(Cc2ccccn2)S(=O)(=O)c2ccc(Cl)cc2)cc1)C(O)C1C=C(F)C=C(F)C1. The van der Waals surface area contributed by atoms with Crippen LogP contribution in [-0.2, 0) is 27.9 Å². The van der Waals surface area contributed by atoms with Crippen molar-refractivity contribution in [3.63, 3.8) is 0 Å². The molecule has 1 aromatic heterocycles. The van der Waals surface area contributed by atoms with Crippen LogP contribution in [0.2, 0.25) is 5.02 Å². The van der Waals surface area contributed by atoms with Crippen LogP contribution in [0.5, 0.6) is 0 Å². The number of carbonyl (C=O) groups excluding carboxylic acids is 1. The number of hydrogen-bond donors (Lipinski definition) is 2. The van der Waals surface area contributed by atoms with Gasteiger partial charge in [-0.05, 0) is 60.2 Å². The van der Waals surface area contributed by atoms with Crippen molar-refractivity contribution >= 4 is 33.2 Å². The first-order chi connectivity index (χ1) is 18.1. The maximum Gasteiger partial charge on any atom is 0.253 e. The monoisotopic (exact) mass is 559 g/mol. The highest BCUT2D eigenvalue weighted by molar-refractivity contribution is 7.89. The van der Waals surface area contributed by atoms with Gasteiger partial charge in [-0.1, -0.05) is 29.8 Å². The zero-order chi connectivity index (χ0) is 27.3. The number of hydrogen-bond acceptors (Lipinski definition) is 5. The summed E-state index contributed by atoms with van der Waals surface area (Å²) in [6.45, 7) is 0.0308. The molecule has 1 aliphatic carbocycles. The molecule has 198 valence electrons. The second kappa shape index (κ2) is 12.0. The molecule has 0 aliphatic heterocycles. The van der Waals surface area contributed by atoms with Crippen molar-refractivity contribution in [2.24, 2.45) is 5.92 Å². The maximum atomic E-state index is 13.5. The van der Waals surface area contributed by atoms with Gasteiger partial charge >= 0.3 is 0 Å². The predicted octanol–water partition coefficient (Wildman–Crippen LogP) is 5.15. The van der Waals surface area contributed by atoms with Crippen LogP contribution in [0, 0.1) is 5.92 Å². The number of pyridine rings is 1. The number of halogens is 3. The molecule has 4 rings (SSSR count). The third-order valence-electron chi connectivity index (χ3n) is 5.87. The van der Waals surface area contributed by atoms with Crippen LogP contribution in [0.3, 0.4) is 0 Å². The highest BCUT2D eigenvalue weighted by Crippen LogP contribution is 2.28. The first-order valence-corrected chi connectivity index (χ1v) is 13.4. The van der Waals surface area contributed by atoms with Crippen molar-refractivity contribution in [3.05, 3.63) is 113 Å². The van der Waals surface area contributed by atoms with Crippen molar-refractivity contribution in [2.75, 3.05) is 5.32 Å². The smallest absolute Gasteiger partial charge is 0.253 e. The summed E-state index contributed by atoms with van der Waals surface area (Å²) in [5.41, 5.74) is 1.51. The van der Waals surface area contributed by atoms with E-state index in [0.717, 1.165) is 6.08 Å². The molecule has 11 heteroatoms. The molecular weight excluding hydrogens is 536 g/mol. The maximum absolute atomic E-state index is 13.5. The third kappa shape index (κ3) is 6.90. The van der Waals surface area contributed by atoms with Crippen molar-refractivity contribution in [3.8, 4) is 0 Å². The van der Waals surface area contributed by atoms with Gasteiger partial charge in [-0.2, -0.15) is 4.31 Å². The number of nitrogens with one attached hydrogen (secondary N) is 1. The topological polar surface area (TPSA) is 99.6 Å². The van der Waals surface area contributed by atoms with Gasteiger partial charge < -0.3 is 10.4 Å². The Labute approximate surface area is 224 Å². The van der Waals surface area contributed by atoms with Gasteiger partial charge in [0.05, 0.1) is 17.1 Å². The van der Waals surface area contributed by atoms with E-state index < -0.39 is 39.6 Å². The lowest BCUT2D eigenvalue weighted by molar-refractivity contribution is -0.125. The highest BCUT2D eigenvalue weighted by atomic mass is 35.5. The van der Waals surface area contributed by atoms with Crippen LogP contribution in [-0.4, -0.2) is 34.8 Å². The van der Waals surface area contributed by atoms with Crippen LogP contribution < -0.4 is 5.32 Å². The Kier molecular flexibility index (Phi) is 8.68. The molecule has 1 heterocycles. The number of nitrogens with zero attached hydrogens (tertiary/aromatic N) is 2. The number of aliphatic hydroxyl groups is 1. The predicted molar refractivity (Wildman–Crippen MR) is 140 cm³/mol. The lowest BCUT2D eigenvalue weighted by Gasteiger charge is -2.23. The Hall–Kier alpha value is -3.44. The van der Waals surface area contributed by atoms with Crippen molar-refractivity contribution < 1.29 is 27.1 Å². The number of benzene rings is 2. The zero-order valence-corrected chi connectivity index (χ0v) is 21.5. The minimum Gasteiger partial charge on any atom is -0.383 e. The van der Waals surface area contributed by atoms with E-state index in [0.29, 0.717) is 28.0 Å². The number of amides is 1. The molecular formula is C27H24ClF2N3O4S. The number of sulfonamides is 1. The van der Waals surface area contributed by atoms with Crippen LogP contribution >= 0.6 is 11.6 Å². The van der Waals surface area contributed by atoms with Crippen LogP contribution in [0.15, 0.2) is 102 Å². The van der Waals surface area contributed by atoms with E-state index in [4.69, 9.17) is 11.6 Å². The number of aromatic nitrogens is 1. The molecule has 38 heavy (non-hydrogen) atoms. The van der Waals surface area contributed by atoms with Gasteiger partial charge in [-0.15, -0.1) is 0 Å². The molecule has 2 atom stereocenters. The molecule has 3 aromatic rings.